The van der Waals surface area contributed by atoms with Gasteiger partial charge < -0.3 is 14.6 Å². The minimum absolute atomic E-state index is 0.0567. The number of aryl methyl sites for hydroxylation is 2. The SMILES string of the molecule is Cc1cc(C#N)ccc1C(=O)NC1CCOC(c2cncn2C)C1. The number of nitriles is 1. The highest BCUT2D eigenvalue weighted by atomic mass is 16.5. The summed E-state index contributed by atoms with van der Waals surface area (Å²) in [7, 11) is 1.94. The normalized spacial score (nSPS) is 20.4. The fourth-order valence-corrected chi connectivity index (χ4v) is 3.06. The molecule has 0 aliphatic carbocycles. The third-order valence-electron chi connectivity index (χ3n) is 4.40. The fourth-order valence-electron chi connectivity index (χ4n) is 3.06. The van der Waals surface area contributed by atoms with E-state index in [9.17, 15) is 4.79 Å². The molecule has 1 aliphatic heterocycles. The van der Waals surface area contributed by atoms with Crippen LogP contribution in [0.2, 0.25) is 0 Å². The molecule has 124 valence electrons. The average Bonchev–Trinajstić information content (AvgIpc) is 3.01. The van der Waals surface area contributed by atoms with E-state index in [0.717, 1.165) is 24.1 Å². The van der Waals surface area contributed by atoms with Crippen LogP contribution >= 0.6 is 0 Å². The Morgan fingerprint density at radius 2 is 2.33 bits per heavy atom. The van der Waals surface area contributed by atoms with Crippen LogP contribution in [0, 0.1) is 18.3 Å². The van der Waals surface area contributed by atoms with Gasteiger partial charge in [0.15, 0.2) is 0 Å². The molecule has 0 spiro atoms. The highest BCUT2D eigenvalue weighted by molar-refractivity contribution is 5.96. The van der Waals surface area contributed by atoms with Crippen LogP contribution < -0.4 is 5.32 Å². The van der Waals surface area contributed by atoms with Gasteiger partial charge in [0.2, 0.25) is 0 Å². The van der Waals surface area contributed by atoms with Gasteiger partial charge >= 0.3 is 0 Å². The number of aromatic nitrogens is 2. The van der Waals surface area contributed by atoms with E-state index in [4.69, 9.17) is 10.00 Å². The first-order valence-corrected chi connectivity index (χ1v) is 7.98. The summed E-state index contributed by atoms with van der Waals surface area (Å²) in [6.07, 6.45) is 5.01. The number of carbonyl (C=O) groups excluding carboxylic acids is 1. The minimum atomic E-state index is -0.104. The molecule has 1 N–H and O–H groups in total. The standard InChI is InChI=1S/C18H20N4O2/c1-12-7-13(9-19)3-4-15(12)18(23)21-14-5-6-24-17(8-14)16-10-20-11-22(16)2/h3-4,7,10-11,14,17H,5-6,8H2,1-2H3,(H,21,23). The van der Waals surface area contributed by atoms with Gasteiger partial charge in [0.1, 0.15) is 6.10 Å². The molecule has 24 heavy (non-hydrogen) atoms. The molecular formula is C18H20N4O2. The van der Waals surface area contributed by atoms with Gasteiger partial charge in [0.25, 0.3) is 5.91 Å². The predicted molar refractivity (Wildman–Crippen MR) is 88.3 cm³/mol. The molecule has 0 bridgehead atoms. The topological polar surface area (TPSA) is 79.9 Å². The number of hydrogen-bond donors (Lipinski definition) is 1. The van der Waals surface area contributed by atoms with Gasteiger partial charge in [-0.15, -0.1) is 0 Å². The van der Waals surface area contributed by atoms with E-state index in [1.165, 1.54) is 0 Å². The highest BCUT2D eigenvalue weighted by Crippen LogP contribution is 2.27. The first-order valence-electron chi connectivity index (χ1n) is 7.98. The molecule has 1 aromatic carbocycles. The number of imidazole rings is 1. The van der Waals surface area contributed by atoms with E-state index in [2.05, 4.69) is 16.4 Å². The maximum atomic E-state index is 12.5. The van der Waals surface area contributed by atoms with Crippen LogP contribution in [0.25, 0.3) is 0 Å². The van der Waals surface area contributed by atoms with E-state index in [-0.39, 0.29) is 18.1 Å². The molecule has 0 saturated carbocycles. The van der Waals surface area contributed by atoms with E-state index < -0.39 is 0 Å². The number of rotatable bonds is 3. The van der Waals surface area contributed by atoms with Crippen molar-refractivity contribution in [2.24, 2.45) is 7.05 Å². The van der Waals surface area contributed by atoms with Crippen molar-refractivity contribution in [2.75, 3.05) is 6.61 Å². The lowest BCUT2D eigenvalue weighted by Crippen LogP contribution is -2.40. The van der Waals surface area contributed by atoms with Gasteiger partial charge in [0, 0.05) is 25.3 Å². The van der Waals surface area contributed by atoms with Crippen LogP contribution in [-0.4, -0.2) is 28.1 Å². The van der Waals surface area contributed by atoms with Gasteiger partial charge in [-0.2, -0.15) is 5.26 Å². The van der Waals surface area contributed by atoms with Crippen LogP contribution in [-0.2, 0) is 11.8 Å². The summed E-state index contributed by atoms with van der Waals surface area (Å²) >= 11 is 0. The second-order valence-electron chi connectivity index (χ2n) is 6.13. The molecule has 1 saturated heterocycles. The Labute approximate surface area is 141 Å². The Hall–Kier alpha value is -2.65. The van der Waals surface area contributed by atoms with Crippen molar-refractivity contribution in [1.82, 2.24) is 14.9 Å². The summed E-state index contributed by atoms with van der Waals surface area (Å²) in [5, 5.41) is 12.0. The molecule has 0 radical (unpaired) electrons. The highest BCUT2D eigenvalue weighted by Gasteiger charge is 2.27. The number of carbonyl (C=O) groups is 1. The fraction of sp³-hybridized carbons (Fsp3) is 0.389. The Kier molecular flexibility index (Phi) is 4.63. The lowest BCUT2D eigenvalue weighted by atomic mass is 9.99. The minimum Gasteiger partial charge on any atom is -0.372 e. The first-order chi connectivity index (χ1) is 11.6. The molecule has 6 heteroatoms. The first kappa shape index (κ1) is 16.2. The summed E-state index contributed by atoms with van der Waals surface area (Å²) in [5.41, 5.74) is 2.99. The number of nitrogens with zero attached hydrogens (tertiary/aromatic N) is 3. The molecule has 1 amide bonds. The van der Waals surface area contributed by atoms with Gasteiger partial charge in [-0.25, -0.2) is 4.98 Å². The largest absolute Gasteiger partial charge is 0.372 e. The molecule has 2 atom stereocenters. The number of amides is 1. The van der Waals surface area contributed by atoms with Crippen molar-refractivity contribution < 1.29 is 9.53 Å². The van der Waals surface area contributed by atoms with Gasteiger partial charge in [0.05, 0.1) is 29.9 Å². The van der Waals surface area contributed by atoms with Gasteiger partial charge in [-0.1, -0.05) is 0 Å². The van der Waals surface area contributed by atoms with Crippen molar-refractivity contribution in [3.63, 3.8) is 0 Å². The van der Waals surface area contributed by atoms with Crippen LogP contribution in [0.4, 0.5) is 0 Å². The van der Waals surface area contributed by atoms with E-state index in [0.29, 0.717) is 17.7 Å². The van der Waals surface area contributed by atoms with Crippen molar-refractivity contribution >= 4 is 5.91 Å². The third kappa shape index (κ3) is 3.31. The number of hydrogen-bond acceptors (Lipinski definition) is 4. The quantitative estimate of drug-likeness (QED) is 0.939. The Morgan fingerprint density at radius 3 is 3.00 bits per heavy atom. The smallest absolute Gasteiger partial charge is 0.251 e. The van der Waals surface area contributed by atoms with Crippen molar-refractivity contribution in [3.8, 4) is 6.07 Å². The molecule has 2 unspecified atom stereocenters. The Balaban J connectivity index is 1.68. The van der Waals surface area contributed by atoms with Gasteiger partial charge in [-0.05, 0) is 43.5 Å². The van der Waals surface area contributed by atoms with Gasteiger partial charge in [-0.3, -0.25) is 4.79 Å². The monoisotopic (exact) mass is 324 g/mol. The van der Waals surface area contributed by atoms with Crippen LogP contribution in [0.3, 0.4) is 0 Å². The Bertz CT molecular complexity index is 791. The maximum absolute atomic E-state index is 12.5. The summed E-state index contributed by atoms with van der Waals surface area (Å²) in [4.78, 5) is 16.7. The summed E-state index contributed by atoms with van der Waals surface area (Å²) in [6, 6.07) is 7.26. The van der Waals surface area contributed by atoms with Crippen LogP contribution in [0.1, 0.15) is 46.1 Å². The molecule has 1 aliphatic rings. The molecule has 2 aromatic rings. The average molecular weight is 324 g/mol. The molecule has 1 aromatic heterocycles. The molecule has 1 fully saturated rings. The van der Waals surface area contributed by atoms with Crippen molar-refractivity contribution in [2.45, 2.75) is 31.9 Å². The van der Waals surface area contributed by atoms with Crippen LogP contribution in [0.15, 0.2) is 30.7 Å². The molecule has 6 nitrogen and oxygen atoms in total. The maximum Gasteiger partial charge on any atom is 0.251 e. The Morgan fingerprint density at radius 1 is 1.50 bits per heavy atom. The van der Waals surface area contributed by atoms with E-state index in [1.54, 1.807) is 30.7 Å². The lowest BCUT2D eigenvalue weighted by molar-refractivity contribution is -0.00302. The lowest BCUT2D eigenvalue weighted by Gasteiger charge is -2.30. The number of benzene rings is 1. The summed E-state index contributed by atoms with van der Waals surface area (Å²) in [5.74, 6) is -0.104. The zero-order valence-corrected chi connectivity index (χ0v) is 13.8. The molecular weight excluding hydrogens is 304 g/mol. The summed E-state index contributed by atoms with van der Waals surface area (Å²) < 4.78 is 7.77. The van der Waals surface area contributed by atoms with E-state index >= 15 is 0 Å². The van der Waals surface area contributed by atoms with Crippen LogP contribution in [0.5, 0.6) is 0 Å². The zero-order valence-electron chi connectivity index (χ0n) is 13.8. The second kappa shape index (κ2) is 6.85. The number of ether oxygens (including phenoxy) is 1. The van der Waals surface area contributed by atoms with Crippen molar-refractivity contribution in [3.05, 3.63) is 53.1 Å². The zero-order chi connectivity index (χ0) is 17.1. The second-order valence-corrected chi connectivity index (χ2v) is 6.13. The number of nitrogens with one attached hydrogen (secondary N) is 1. The summed E-state index contributed by atoms with van der Waals surface area (Å²) in [6.45, 7) is 2.45. The molecule has 3 rings (SSSR count). The predicted octanol–water partition coefficient (Wildman–Crippen LogP) is 2.25. The van der Waals surface area contributed by atoms with Crippen molar-refractivity contribution in [1.29, 1.82) is 5.26 Å². The molecule has 2 heterocycles. The van der Waals surface area contributed by atoms with E-state index in [1.807, 2.05) is 18.5 Å². The third-order valence-corrected chi connectivity index (χ3v) is 4.40.